The van der Waals surface area contributed by atoms with Crippen LogP contribution in [0, 0.1) is 6.92 Å². The number of likely N-dealkylation sites (tertiary alicyclic amines) is 1. The summed E-state index contributed by atoms with van der Waals surface area (Å²) in [6.07, 6.45) is 5.58. The molecule has 5 nitrogen and oxygen atoms in total. The van der Waals surface area contributed by atoms with E-state index in [1.807, 2.05) is 11.7 Å². The molecule has 1 unspecified atom stereocenters. The number of nitrogens with one attached hydrogen (secondary N) is 1. The predicted octanol–water partition coefficient (Wildman–Crippen LogP) is 2.83. The summed E-state index contributed by atoms with van der Waals surface area (Å²) in [7, 11) is 1.96. The van der Waals surface area contributed by atoms with E-state index in [1.165, 1.54) is 35.2 Å². The first kappa shape index (κ1) is 18.2. The van der Waals surface area contributed by atoms with Crippen LogP contribution >= 0.6 is 0 Å². The summed E-state index contributed by atoms with van der Waals surface area (Å²) in [6, 6.07) is 8.71. The minimum Gasteiger partial charge on any atom is -0.349 e. The molecule has 2 aromatic rings. The van der Waals surface area contributed by atoms with Crippen LogP contribution in [0.1, 0.15) is 58.1 Å². The molecule has 0 bridgehead atoms. The van der Waals surface area contributed by atoms with Crippen LogP contribution in [0.3, 0.4) is 0 Å². The van der Waals surface area contributed by atoms with Gasteiger partial charge in [-0.2, -0.15) is 5.10 Å². The number of nitrogens with zero attached hydrogens (tertiary/aromatic N) is 3. The molecule has 0 saturated carbocycles. The number of aromatic nitrogens is 2. The van der Waals surface area contributed by atoms with Crippen LogP contribution in [0.4, 0.5) is 0 Å². The van der Waals surface area contributed by atoms with E-state index in [1.54, 1.807) is 0 Å². The summed E-state index contributed by atoms with van der Waals surface area (Å²) in [4.78, 5) is 15.1. The first-order valence-electron chi connectivity index (χ1n) is 10.2. The van der Waals surface area contributed by atoms with E-state index < -0.39 is 0 Å². The Morgan fingerprint density at radius 2 is 2.07 bits per heavy atom. The Morgan fingerprint density at radius 3 is 2.93 bits per heavy atom. The van der Waals surface area contributed by atoms with Gasteiger partial charge < -0.3 is 10.2 Å². The van der Waals surface area contributed by atoms with Crippen molar-refractivity contribution in [1.29, 1.82) is 0 Å². The van der Waals surface area contributed by atoms with Crippen LogP contribution in [0.2, 0.25) is 0 Å². The molecule has 1 fully saturated rings. The van der Waals surface area contributed by atoms with Crippen molar-refractivity contribution in [2.45, 2.75) is 44.9 Å². The maximum absolute atomic E-state index is 12.6. The Hall–Kier alpha value is -2.14. The molecule has 2 aliphatic rings. The Balaban J connectivity index is 1.29. The lowest BCUT2D eigenvalue weighted by Gasteiger charge is -2.17. The maximum atomic E-state index is 12.6. The molecule has 5 heteroatoms. The molecule has 1 aliphatic carbocycles. The SMILES string of the molecule is Cc1ccccc1C1CCN(CCNC(=O)c2nn(C)c3c2CCCC3)C1. The normalized spacial score (nSPS) is 19.9. The van der Waals surface area contributed by atoms with Gasteiger partial charge in [0.1, 0.15) is 0 Å². The number of aryl methyl sites for hydroxylation is 2. The van der Waals surface area contributed by atoms with Crippen molar-refractivity contribution in [1.82, 2.24) is 20.0 Å². The van der Waals surface area contributed by atoms with Crippen molar-refractivity contribution < 1.29 is 4.79 Å². The Labute approximate surface area is 161 Å². The molecular weight excluding hydrogens is 336 g/mol. The van der Waals surface area contributed by atoms with Crippen molar-refractivity contribution in [3.8, 4) is 0 Å². The van der Waals surface area contributed by atoms with Gasteiger partial charge >= 0.3 is 0 Å². The van der Waals surface area contributed by atoms with E-state index in [-0.39, 0.29) is 5.91 Å². The highest BCUT2D eigenvalue weighted by molar-refractivity contribution is 5.94. The minimum absolute atomic E-state index is 0.0107. The van der Waals surface area contributed by atoms with Gasteiger partial charge in [-0.1, -0.05) is 24.3 Å². The second kappa shape index (κ2) is 7.85. The average Bonchev–Trinajstić information content (AvgIpc) is 3.27. The van der Waals surface area contributed by atoms with Crippen LogP contribution in [-0.4, -0.2) is 46.8 Å². The number of amides is 1. The fourth-order valence-corrected chi connectivity index (χ4v) is 4.70. The Kier molecular flexibility index (Phi) is 5.30. The Morgan fingerprint density at radius 1 is 1.26 bits per heavy atom. The van der Waals surface area contributed by atoms with Crippen LogP contribution in [0.5, 0.6) is 0 Å². The molecular formula is C22H30N4O. The zero-order valence-corrected chi connectivity index (χ0v) is 16.5. The molecule has 1 aromatic heterocycles. The van der Waals surface area contributed by atoms with E-state index in [0.29, 0.717) is 18.2 Å². The number of hydrogen-bond donors (Lipinski definition) is 1. The summed E-state index contributed by atoms with van der Waals surface area (Å²) in [5.74, 6) is 0.605. The first-order valence-corrected chi connectivity index (χ1v) is 10.2. The lowest BCUT2D eigenvalue weighted by molar-refractivity contribution is 0.0943. The number of benzene rings is 1. The van der Waals surface area contributed by atoms with Crippen molar-refractivity contribution in [2.75, 3.05) is 26.2 Å². The highest BCUT2D eigenvalue weighted by Crippen LogP contribution is 2.29. The van der Waals surface area contributed by atoms with Crippen LogP contribution in [0.15, 0.2) is 24.3 Å². The van der Waals surface area contributed by atoms with E-state index in [4.69, 9.17) is 0 Å². The van der Waals surface area contributed by atoms with Gasteiger partial charge in [-0.05, 0) is 62.6 Å². The summed E-state index contributed by atoms with van der Waals surface area (Å²) >= 11 is 0. The van der Waals surface area contributed by atoms with Gasteiger partial charge in [-0.25, -0.2) is 0 Å². The first-order chi connectivity index (χ1) is 13.1. The molecule has 1 N–H and O–H groups in total. The monoisotopic (exact) mass is 366 g/mol. The van der Waals surface area contributed by atoms with Crippen LogP contribution in [-0.2, 0) is 19.9 Å². The van der Waals surface area contributed by atoms with Crippen molar-refractivity contribution in [3.05, 3.63) is 52.3 Å². The fourth-order valence-electron chi connectivity index (χ4n) is 4.70. The van der Waals surface area contributed by atoms with Gasteiger partial charge in [0.15, 0.2) is 5.69 Å². The largest absolute Gasteiger partial charge is 0.349 e. The molecule has 27 heavy (non-hydrogen) atoms. The standard InChI is InChI=1S/C22H30N4O/c1-16-7-3-4-8-18(16)17-11-13-26(15-17)14-12-23-22(27)21-19-9-5-6-10-20(19)25(2)24-21/h3-4,7-8,17H,5-6,9-15H2,1-2H3,(H,23,27). The zero-order valence-electron chi connectivity index (χ0n) is 16.5. The van der Waals surface area contributed by atoms with Gasteiger partial charge in [-0.3, -0.25) is 9.48 Å². The topological polar surface area (TPSA) is 50.2 Å². The molecule has 1 amide bonds. The quantitative estimate of drug-likeness (QED) is 0.885. The van der Waals surface area contributed by atoms with Crippen molar-refractivity contribution in [3.63, 3.8) is 0 Å². The number of rotatable bonds is 5. The zero-order chi connectivity index (χ0) is 18.8. The van der Waals surface area contributed by atoms with Gasteiger partial charge in [-0.15, -0.1) is 0 Å². The van der Waals surface area contributed by atoms with E-state index in [2.05, 4.69) is 46.5 Å². The number of carbonyl (C=O) groups is 1. The minimum atomic E-state index is -0.0107. The second-order valence-corrected chi connectivity index (χ2v) is 8.00. The predicted molar refractivity (Wildman–Crippen MR) is 107 cm³/mol. The van der Waals surface area contributed by atoms with E-state index in [9.17, 15) is 4.79 Å². The number of carbonyl (C=O) groups excluding carboxylic acids is 1. The molecule has 1 aliphatic heterocycles. The number of fused-ring (bicyclic) bond motifs is 1. The smallest absolute Gasteiger partial charge is 0.272 e. The van der Waals surface area contributed by atoms with Crippen LogP contribution in [0.25, 0.3) is 0 Å². The Bertz CT molecular complexity index is 826. The molecule has 4 rings (SSSR count). The van der Waals surface area contributed by atoms with E-state index in [0.717, 1.165) is 38.9 Å². The van der Waals surface area contributed by atoms with Crippen molar-refractivity contribution >= 4 is 5.91 Å². The molecule has 1 atom stereocenters. The fraction of sp³-hybridized carbons (Fsp3) is 0.545. The molecule has 2 heterocycles. The molecule has 0 radical (unpaired) electrons. The molecule has 144 valence electrons. The molecule has 0 spiro atoms. The van der Waals surface area contributed by atoms with Crippen LogP contribution < -0.4 is 5.32 Å². The molecule has 1 aromatic carbocycles. The van der Waals surface area contributed by atoms with Crippen molar-refractivity contribution in [2.24, 2.45) is 7.05 Å². The summed E-state index contributed by atoms with van der Waals surface area (Å²) in [5, 5.41) is 7.59. The summed E-state index contributed by atoms with van der Waals surface area (Å²) in [5.41, 5.74) is 5.92. The van der Waals surface area contributed by atoms with Gasteiger partial charge in [0.2, 0.25) is 0 Å². The third-order valence-electron chi connectivity index (χ3n) is 6.19. The third kappa shape index (κ3) is 3.79. The highest BCUT2D eigenvalue weighted by atomic mass is 16.1. The lowest BCUT2D eigenvalue weighted by Crippen LogP contribution is -2.34. The van der Waals surface area contributed by atoms with Gasteiger partial charge in [0.25, 0.3) is 5.91 Å². The third-order valence-corrected chi connectivity index (χ3v) is 6.19. The molecule has 1 saturated heterocycles. The van der Waals surface area contributed by atoms with E-state index >= 15 is 0 Å². The highest BCUT2D eigenvalue weighted by Gasteiger charge is 2.26. The average molecular weight is 367 g/mol. The number of hydrogen-bond acceptors (Lipinski definition) is 3. The van der Waals surface area contributed by atoms with Gasteiger partial charge in [0, 0.05) is 37.9 Å². The maximum Gasteiger partial charge on any atom is 0.272 e. The second-order valence-electron chi connectivity index (χ2n) is 8.00. The lowest BCUT2D eigenvalue weighted by atomic mass is 9.94. The van der Waals surface area contributed by atoms with Gasteiger partial charge in [0.05, 0.1) is 0 Å². The summed E-state index contributed by atoms with van der Waals surface area (Å²) in [6.45, 7) is 5.98. The summed E-state index contributed by atoms with van der Waals surface area (Å²) < 4.78 is 1.90.